The summed E-state index contributed by atoms with van der Waals surface area (Å²) in [6.07, 6.45) is 0. The average molecular weight is 327 g/mol. The maximum absolute atomic E-state index is 8.26. The smallest absolute Gasteiger partial charge is 0.143 e. The lowest BCUT2D eigenvalue weighted by molar-refractivity contribution is 0.670. The number of para-hydroxylation sites is 2. The van der Waals surface area contributed by atoms with Gasteiger partial charge in [-0.25, -0.2) is 0 Å². The molecule has 1 heterocycles. The van der Waals surface area contributed by atoms with Gasteiger partial charge in [0.05, 0.1) is 5.48 Å². The Bertz CT molecular complexity index is 1090. The largest absolute Gasteiger partial charge is 0.455 e. The number of rotatable bonds is 1. The van der Waals surface area contributed by atoms with Crippen LogP contribution in [0.15, 0.2) is 75.5 Å². The summed E-state index contributed by atoms with van der Waals surface area (Å²) >= 11 is 3.13. The molecule has 1 nitrogen and oxygen atoms in total. The Hall–Kier alpha value is -2.06. The van der Waals surface area contributed by atoms with E-state index in [2.05, 4.69) is 15.9 Å². The van der Waals surface area contributed by atoms with Crippen LogP contribution >= 0.6 is 15.9 Å². The normalized spacial score (nSPS) is 14.1. The molecule has 0 atom stereocenters. The predicted octanol–water partition coefficient (Wildman–Crippen LogP) is 6.02. The van der Waals surface area contributed by atoms with Gasteiger partial charge in [-0.05, 0) is 23.7 Å². The second kappa shape index (κ2) is 4.50. The van der Waals surface area contributed by atoms with E-state index in [0.717, 1.165) is 16.4 Å². The lowest BCUT2D eigenvalue weighted by atomic mass is 10.0. The Labute approximate surface area is 130 Å². The summed E-state index contributed by atoms with van der Waals surface area (Å²) in [7, 11) is 0. The molecule has 20 heavy (non-hydrogen) atoms. The summed E-state index contributed by atoms with van der Waals surface area (Å²) < 4.78 is 38.7. The van der Waals surface area contributed by atoms with Crippen LogP contribution in [0, 0.1) is 0 Å². The molecule has 0 fully saturated rings. The number of fused-ring (bicyclic) bond motifs is 3. The first kappa shape index (κ1) is 8.28. The van der Waals surface area contributed by atoms with E-state index in [4.69, 9.17) is 9.90 Å². The highest BCUT2D eigenvalue weighted by Gasteiger charge is 2.11. The second-order valence-corrected chi connectivity index (χ2v) is 5.26. The van der Waals surface area contributed by atoms with Crippen LogP contribution in [-0.4, -0.2) is 0 Å². The van der Waals surface area contributed by atoms with Gasteiger partial charge in [0.25, 0.3) is 0 Å². The van der Waals surface area contributed by atoms with Gasteiger partial charge in [0, 0.05) is 20.8 Å². The highest BCUT2D eigenvalue weighted by atomic mass is 79.9. The molecule has 0 aliphatic rings. The van der Waals surface area contributed by atoms with Crippen molar-refractivity contribution in [1.29, 1.82) is 0 Å². The number of furan rings is 1. The van der Waals surface area contributed by atoms with Crippen LogP contribution in [0.25, 0.3) is 33.1 Å². The molecule has 0 saturated heterocycles. The van der Waals surface area contributed by atoms with Crippen molar-refractivity contribution in [2.24, 2.45) is 0 Å². The predicted molar refractivity (Wildman–Crippen MR) is 86.9 cm³/mol. The Morgan fingerprint density at radius 3 is 2.45 bits per heavy atom. The van der Waals surface area contributed by atoms with Crippen molar-refractivity contribution in [3.8, 4) is 11.1 Å². The molecule has 96 valence electrons. The summed E-state index contributed by atoms with van der Waals surface area (Å²) in [6.45, 7) is 0. The van der Waals surface area contributed by atoms with E-state index in [1.54, 1.807) is 6.07 Å². The monoisotopic (exact) mass is 326 g/mol. The van der Waals surface area contributed by atoms with Crippen LogP contribution in [0.1, 0.15) is 5.48 Å². The molecule has 0 spiro atoms. The van der Waals surface area contributed by atoms with E-state index in [0.29, 0.717) is 11.1 Å². The Kier molecular flexibility index (Phi) is 1.86. The summed E-state index contributed by atoms with van der Waals surface area (Å²) in [4.78, 5) is 0. The van der Waals surface area contributed by atoms with Crippen molar-refractivity contribution in [2.45, 2.75) is 0 Å². The Morgan fingerprint density at radius 2 is 1.60 bits per heavy atom. The molecule has 0 radical (unpaired) electrons. The molecule has 0 saturated carbocycles. The van der Waals surface area contributed by atoms with Crippen molar-refractivity contribution in [3.05, 3.63) is 71.1 Å². The minimum Gasteiger partial charge on any atom is -0.455 e. The van der Waals surface area contributed by atoms with Crippen LogP contribution in [0.3, 0.4) is 0 Å². The van der Waals surface area contributed by atoms with Crippen molar-refractivity contribution >= 4 is 37.9 Å². The first-order chi connectivity index (χ1) is 11.5. The maximum atomic E-state index is 8.26. The molecule has 4 aromatic rings. The van der Waals surface area contributed by atoms with Crippen molar-refractivity contribution in [1.82, 2.24) is 0 Å². The lowest BCUT2D eigenvalue weighted by Gasteiger charge is -2.02. The fraction of sp³-hybridized carbons (Fsp3) is 0. The van der Waals surface area contributed by atoms with Gasteiger partial charge >= 0.3 is 0 Å². The number of hydrogen-bond donors (Lipinski definition) is 0. The molecule has 1 aromatic heterocycles. The summed E-state index contributed by atoms with van der Waals surface area (Å²) in [5.74, 6) is 0. The van der Waals surface area contributed by atoms with Crippen LogP contribution in [0.5, 0.6) is 0 Å². The molecule has 0 aliphatic heterocycles. The fourth-order valence-corrected chi connectivity index (χ4v) is 2.57. The van der Waals surface area contributed by atoms with Crippen molar-refractivity contribution in [3.63, 3.8) is 0 Å². The third-order valence-corrected chi connectivity index (χ3v) is 3.66. The van der Waals surface area contributed by atoms with Crippen molar-refractivity contribution in [2.75, 3.05) is 0 Å². The SMILES string of the molecule is [2H]c1c([2H])c(-c2cccc3c2oc2ccccc23)c([2H])c([2H])c1Br. The topological polar surface area (TPSA) is 13.1 Å². The van der Waals surface area contributed by atoms with Gasteiger partial charge < -0.3 is 4.42 Å². The molecular weight excluding hydrogens is 312 g/mol. The van der Waals surface area contributed by atoms with Gasteiger partial charge in [-0.2, -0.15) is 0 Å². The van der Waals surface area contributed by atoms with Gasteiger partial charge in [-0.15, -0.1) is 0 Å². The van der Waals surface area contributed by atoms with E-state index >= 15 is 0 Å². The molecular formula is C18H11BrO. The second-order valence-electron chi connectivity index (χ2n) is 4.47. The minimum atomic E-state index is -0.0980. The molecule has 0 aliphatic carbocycles. The van der Waals surface area contributed by atoms with Crippen LogP contribution in [0.4, 0.5) is 0 Å². The van der Waals surface area contributed by atoms with Crippen molar-refractivity contribution < 1.29 is 9.90 Å². The van der Waals surface area contributed by atoms with Gasteiger partial charge in [0.1, 0.15) is 11.2 Å². The highest BCUT2D eigenvalue weighted by Crippen LogP contribution is 2.35. The van der Waals surface area contributed by atoms with E-state index in [1.165, 1.54) is 0 Å². The first-order valence-electron chi connectivity index (χ1n) is 8.17. The molecule has 0 unspecified atom stereocenters. The minimum absolute atomic E-state index is 0.0872. The summed E-state index contributed by atoms with van der Waals surface area (Å²) in [6, 6.07) is 12.8. The fourth-order valence-electron chi connectivity index (χ4n) is 2.38. The molecule has 0 bridgehead atoms. The average Bonchev–Trinajstić information content (AvgIpc) is 2.98. The van der Waals surface area contributed by atoms with Gasteiger partial charge in [0.2, 0.25) is 0 Å². The quantitative estimate of drug-likeness (QED) is 0.417. The number of hydrogen-bond acceptors (Lipinski definition) is 1. The third-order valence-electron chi connectivity index (χ3n) is 3.27. The van der Waals surface area contributed by atoms with Crippen LogP contribution in [0.2, 0.25) is 0 Å². The highest BCUT2D eigenvalue weighted by molar-refractivity contribution is 9.10. The van der Waals surface area contributed by atoms with Gasteiger partial charge in [0.15, 0.2) is 0 Å². The van der Waals surface area contributed by atoms with E-state index in [1.807, 2.05) is 36.4 Å². The Balaban J connectivity index is 2.16. The van der Waals surface area contributed by atoms with E-state index < -0.39 is 0 Å². The number of benzene rings is 3. The molecule has 2 heteroatoms. The zero-order valence-electron chi connectivity index (χ0n) is 14.3. The van der Waals surface area contributed by atoms with Gasteiger partial charge in [-0.3, -0.25) is 0 Å². The standard InChI is InChI=1S/C18H11BrO/c19-13-10-8-12(9-11-13)14-5-3-6-16-15-4-1-2-7-17(15)20-18(14)16/h1-11H/i8D,9D,10D,11D. The third kappa shape index (κ3) is 1.76. The zero-order valence-corrected chi connectivity index (χ0v) is 11.9. The Morgan fingerprint density at radius 1 is 0.850 bits per heavy atom. The van der Waals surface area contributed by atoms with E-state index in [9.17, 15) is 0 Å². The van der Waals surface area contributed by atoms with Crippen LogP contribution in [-0.2, 0) is 0 Å². The van der Waals surface area contributed by atoms with E-state index in [-0.39, 0.29) is 34.2 Å². The zero-order chi connectivity index (χ0) is 17.0. The molecule has 3 aromatic carbocycles. The van der Waals surface area contributed by atoms with Gasteiger partial charge in [-0.1, -0.05) is 64.4 Å². The first-order valence-corrected chi connectivity index (χ1v) is 6.96. The molecule has 0 amide bonds. The lowest BCUT2D eigenvalue weighted by Crippen LogP contribution is -1.78. The summed E-state index contributed by atoms with van der Waals surface area (Å²) in [5.41, 5.74) is 2.11. The molecule has 4 rings (SSSR count). The number of halogens is 1. The maximum Gasteiger partial charge on any atom is 0.143 e. The summed E-state index contributed by atoms with van der Waals surface area (Å²) in [5, 5.41) is 1.85. The molecule has 0 N–H and O–H groups in total. The van der Waals surface area contributed by atoms with Crippen LogP contribution < -0.4 is 0 Å².